The first-order valence-corrected chi connectivity index (χ1v) is 7.88. The summed E-state index contributed by atoms with van der Waals surface area (Å²) in [6.45, 7) is 0. The minimum absolute atomic E-state index is 0.0143. The van der Waals surface area contributed by atoms with Gasteiger partial charge in [0.05, 0.1) is 22.9 Å². The Kier molecular flexibility index (Phi) is 3.45. The molecule has 1 amide bonds. The topological polar surface area (TPSA) is 63.2 Å². The van der Waals surface area contributed by atoms with Crippen molar-refractivity contribution >= 4 is 27.3 Å². The summed E-state index contributed by atoms with van der Waals surface area (Å²) in [6, 6.07) is -0.403. The van der Waals surface area contributed by atoms with Gasteiger partial charge in [0.2, 0.25) is 5.91 Å². The van der Waals surface area contributed by atoms with Crippen molar-refractivity contribution in [2.24, 2.45) is 5.92 Å². The van der Waals surface area contributed by atoms with E-state index in [2.05, 4.69) is 5.32 Å². The van der Waals surface area contributed by atoms with Gasteiger partial charge in [0, 0.05) is 5.92 Å². The molecule has 1 heterocycles. The van der Waals surface area contributed by atoms with E-state index in [1.807, 2.05) is 0 Å². The third kappa shape index (κ3) is 2.69. The Morgan fingerprint density at radius 3 is 2.31 bits per heavy atom. The van der Waals surface area contributed by atoms with Gasteiger partial charge in [0.1, 0.15) is 0 Å². The van der Waals surface area contributed by atoms with Gasteiger partial charge in [-0.05, 0) is 12.8 Å². The second-order valence-electron chi connectivity index (χ2n) is 4.69. The molecule has 1 aliphatic heterocycles. The van der Waals surface area contributed by atoms with E-state index in [0.717, 1.165) is 25.7 Å². The van der Waals surface area contributed by atoms with Gasteiger partial charge in [-0.2, -0.15) is 0 Å². The Morgan fingerprint density at radius 1 is 1.19 bits per heavy atom. The SMILES string of the molecule is O=C(NC1CS(=O)(=O)CC1Cl)C1CCCC1. The van der Waals surface area contributed by atoms with Crippen molar-refractivity contribution in [2.75, 3.05) is 11.5 Å². The van der Waals surface area contributed by atoms with Crippen LogP contribution in [0.4, 0.5) is 0 Å². The first-order chi connectivity index (χ1) is 7.48. The van der Waals surface area contributed by atoms with Crippen LogP contribution in [0.1, 0.15) is 25.7 Å². The van der Waals surface area contributed by atoms with E-state index in [4.69, 9.17) is 11.6 Å². The number of hydrogen-bond acceptors (Lipinski definition) is 3. The van der Waals surface area contributed by atoms with E-state index in [0.29, 0.717) is 0 Å². The summed E-state index contributed by atoms with van der Waals surface area (Å²) in [7, 11) is -3.06. The van der Waals surface area contributed by atoms with Crippen molar-refractivity contribution in [1.82, 2.24) is 5.32 Å². The fourth-order valence-electron chi connectivity index (χ4n) is 2.43. The van der Waals surface area contributed by atoms with Gasteiger partial charge in [0.15, 0.2) is 9.84 Å². The van der Waals surface area contributed by atoms with E-state index < -0.39 is 21.3 Å². The highest BCUT2D eigenvalue weighted by Crippen LogP contribution is 2.26. The molecule has 4 nitrogen and oxygen atoms in total. The summed E-state index contributed by atoms with van der Waals surface area (Å²) >= 11 is 5.92. The molecule has 0 aromatic heterocycles. The molecule has 2 fully saturated rings. The number of sulfone groups is 1. The number of carbonyl (C=O) groups is 1. The smallest absolute Gasteiger partial charge is 0.223 e. The highest BCUT2D eigenvalue weighted by Gasteiger charge is 2.38. The van der Waals surface area contributed by atoms with Crippen LogP contribution in [0.15, 0.2) is 0 Å². The van der Waals surface area contributed by atoms with Crippen LogP contribution in [0.25, 0.3) is 0 Å². The number of nitrogens with one attached hydrogen (secondary N) is 1. The Balaban J connectivity index is 1.92. The maximum Gasteiger partial charge on any atom is 0.223 e. The number of carbonyl (C=O) groups excluding carboxylic acids is 1. The molecule has 1 saturated carbocycles. The van der Waals surface area contributed by atoms with Crippen molar-refractivity contribution < 1.29 is 13.2 Å². The quantitative estimate of drug-likeness (QED) is 0.748. The number of alkyl halides is 1. The van der Waals surface area contributed by atoms with E-state index in [-0.39, 0.29) is 23.3 Å². The molecular weight excluding hydrogens is 250 g/mol. The van der Waals surface area contributed by atoms with Crippen molar-refractivity contribution in [3.05, 3.63) is 0 Å². The van der Waals surface area contributed by atoms with Gasteiger partial charge in [-0.1, -0.05) is 12.8 Å². The summed E-state index contributed by atoms with van der Waals surface area (Å²) in [4.78, 5) is 11.8. The molecule has 16 heavy (non-hydrogen) atoms. The first kappa shape index (κ1) is 12.2. The van der Waals surface area contributed by atoms with Crippen molar-refractivity contribution in [3.63, 3.8) is 0 Å². The van der Waals surface area contributed by atoms with Crippen molar-refractivity contribution in [3.8, 4) is 0 Å². The fraction of sp³-hybridized carbons (Fsp3) is 0.900. The van der Waals surface area contributed by atoms with Crippen LogP contribution < -0.4 is 5.32 Å². The van der Waals surface area contributed by atoms with Gasteiger partial charge in [-0.3, -0.25) is 4.79 Å². The van der Waals surface area contributed by atoms with E-state index in [1.165, 1.54) is 0 Å². The van der Waals surface area contributed by atoms with Gasteiger partial charge in [-0.15, -0.1) is 11.6 Å². The van der Waals surface area contributed by atoms with E-state index in [9.17, 15) is 13.2 Å². The summed E-state index contributed by atoms with van der Waals surface area (Å²) in [5, 5.41) is 2.30. The molecule has 0 bridgehead atoms. The largest absolute Gasteiger partial charge is 0.351 e. The maximum absolute atomic E-state index is 11.8. The van der Waals surface area contributed by atoms with E-state index >= 15 is 0 Å². The number of rotatable bonds is 2. The third-order valence-electron chi connectivity index (χ3n) is 3.34. The van der Waals surface area contributed by atoms with Crippen LogP contribution in [0.3, 0.4) is 0 Å². The van der Waals surface area contributed by atoms with Crippen LogP contribution in [0.2, 0.25) is 0 Å². The van der Waals surface area contributed by atoms with E-state index in [1.54, 1.807) is 0 Å². The lowest BCUT2D eigenvalue weighted by molar-refractivity contribution is -0.125. The summed E-state index contributed by atoms with van der Waals surface area (Å²) in [6.07, 6.45) is 4.01. The lowest BCUT2D eigenvalue weighted by Crippen LogP contribution is -2.43. The molecule has 1 aliphatic carbocycles. The lowest BCUT2D eigenvalue weighted by Gasteiger charge is -2.17. The second-order valence-corrected chi connectivity index (χ2v) is 7.40. The van der Waals surface area contributed by atoms with Crippen LogP contribution >= 0.6 is 11.6 Å². The molecule has 0 aromatic carbocycles. The molecule has 1 saturated heterocycles. The average molecular weight is 266 g/mol. The Bertz CT molecular complexity index is 376. The fourth-order valence-corrected chi connectivity index (χ4v) is 4.98. The monoisotopic (exact) mass is 265 g/mol. The third-order valence-corrected chi connectivity index (χ3v) is 5.71. The highest BCUT2D eigenvalue weighted by molar-refractivity contribution is 7.91. The molecule has 2 unspecified atom stereocenters. The number of amides is 1. The molecule has 92 valence electrons. The van der Waals surface area contributed by atoms with Crippen LogP contribution in [0.5, 0.6) is 0 Å². The molecule has 2 aliphatic rings. The molecule has 6 heteroatoms. The minimum Gasteiger partial charge on any atom is -0.351 e. The molecule has 0 spiro atoms. The standard InChI is InChI=1S/C10H16ClNO3S/c11-8-5-16(14,15)6-9(8)12-10(13)7-3-1-2-4-7/h7-9H,1-6H2,(H,12,13). The maximum atomic E-state index is 11.8. The zero-order chi connectivity index (χ0) is 11.8. The molecule has 2 rings (SSSR count). The van der Waals surface area contributed by atoms with Gasteiger partial charge < -0.3 is 5.32 Å². The van der Waals surface area contributed by atoms with Crippen LogP contribution in [0, 0.1) is 5.92 Å². The Morgan fingerprint density at radius 2 is 1.81 bits per heavy atom. The molecule has 2 atom stereocenters. The van der Waals surface area contributed by atoms with Gasteiger partial charge in [0.25, 0.3) is 0 Å². The first-order valence-electron chi connectivity index (χ1n) is 5.63. The highest BCUT2D eigenvalue weighted by atomic mass is 35.5. The molecule has 0 aromatic rings. The van der Waals surface area contributed by atoms with Gasteiger partial charge in [-0.25, -0.2) is 8.42 Å². The zero-order valence-corrected chi connectivity index (χ0v) is 10.6. The number of halogens is 1. The summed E-state index contributed by atoms with van der Waals surface area (Å²) in [5.41, 5.74) is 0. The molecule has 1 N–H and O–H groups in total. The second kappa shape index (κ2) is 4.53. The van der Waals surface area contributed by atoms with Crippen molar-refractivity contribution in [1.29, 1.82) is 0 Å². The summed E-state index contributed by atoms with van der Waals surface area (Å²) in [5.74, 6) is 0.00138. The normalized spacial score (nSPS) is 34.1. The van der Waals surface area contributed by atoms with Crippen LogP contribution in [-0.4, -0.2) is 37.2 Å². The summed E-state index contributed by atoms with van der Waals surface area (Å²) < 4.78 is 22.6. The predicted octanol–water partition coefficient (Wildman–Crippen LogP) is 0.697. The lowest BCUT2D eigenvalue weighted by atomic mass is 10.1. The van der Waals surface area contributed by atoms with Crippen LogP contribution in [-0.2, 0) is 14.6 Å². The Hall–Kier alpha value is -0.290. The molecular formula is C10H16ClNO3S. The number of hydrogen-bond donors (Lipinski definition) is 1. The van der Waals surface area contributed by atoms with Gasteiger partial charge >= 0.3 is 0 Å². The molecule has 0 radical (unpaired) electrons. The minimum atomic E-state index is -3.06. The van der Waals surface area contributed by atoms with Crippen molar-refractivity contribution in [2.45, 2.75) is 37.1 Å². The predicted molar refractivity (Wildman–Crippen MR) is 62.2 cm³/mol. The zero-order valence-electron chi connectivity index (χ0n) is 8.99. The average Bonchev–Trinajstić information content (AvgIpc) is 2.74. The Labute approximate surface area is 101 Å².